The maximum absolute atomic E-state index is 14.2. The lowest BCUT2D eigenvalue weighted by atomic mass is 9.82. The molecule has 0 amide bonds. The molecule has 2 atom stereocenters. The molecule has 0 fully saturated rings. The number of esters is 1. The van der Waals surface area contributed by atoms with Crippen LogP contribution in [-0.4, -0.2) is 53.2 Å². The largest absolute Gasteiger partial charge is 0.493 e. The van der Waals surface area contributed by atoms with E-state index >= 15 is 0 Å². The number of methoxy groups -OCH3 is 3. The summed E-state index contributed by atoms with van der Waals surface area (Å²) >= 11 is 0. The molecule has 10 heteroatoms. The highest BCUT2D eigenvalue weighted by molar-refractivity contribution is 7.89. The first-order valence-electron chi connectivity index (χ1n) is 15.8. The molecule has 0 spiro atoms. The van der Waals surface area contributed by atoms with Gasteiger partial charge in [0.2, 0.25) is 21.7 Å². The average Bonchev–Trinajstić information content (AvgIpc) is 3.37. The van der Waals surface area contributed by atoms with Gasteiger partial charge in [-0.1, -0.05) is 94.0 Å². The second-order valence-corrected chi connectivity index (χ2v) is 13.4. The van der Waals surface area contributed by atoms with Crippen LogP contribution in [0, 0.1) is 13.8 Å². The van der Waals surface area contributed by atoms with E-state index in [4.69, 9.17) is 23.9 Å². The Morgan fingerprint density at radius 2 is 1.46 bits per heavy atom. The van der Waals surface area contributed by atoms with E-state index in [0.717, 1.165) is 37.7 Å². The summed E-state index contributed by atoms with van der Waals surface area (Å²) in [5, 5.41) is 0. The molecule has 0 unspecified atom stereocenters. The fraction of sp³-hybridized carbons (Fsp3) is 0.444. The molecule has 4 rings (SSSR count). The molecule has 0 saturated heterocycles. The Morgan fingerprint density at radius 1 is 0.848 bits per heavy atom. The minimum Gasteiger partial charge on any atom is -0.493 e. The minimum absolute atomic E-state index is 0.0550. The molecule has 1 aliphatic rings. The van der Waals surface area contributed by atoms with Crippen molar-refractivity contribution < 1.29 is 32.2 Å². The van der Waals surface area contributed by atoms with E-state index < -0.39 is 27.6 Å². The zero-order valence-electron chi connectivity index (χ0n) is 27.7. The zero-order chi connectivity index (χ0) is 33.3. The van der Waals surface area contributed by atoms with Crippen LogP contribution < -0.4 is 18.9 Å². The van der Waals surface area contributed by atoms with Gasteiger partial charge in [0, 0.05) is 12.0 Å². The van der Waals surface area contributed by atoms with E-state index in [1.807, 2.05) is 36.4 Å². The number of benzene rings is 3. The van der Waals surface area contributed by atoms with E-state index in [-0.39, 0.29) is 17.2 Å². The van der Waals surface area contributed by atoms with Gasteiger partial charge >= 0.3 is 5.97 Å². The number of nitrogens with zero attached hydrogens (tertiary/aromatic N) is 1. The molecule has 248 valence electrons. The molecular formula is C36H46N2O7S. The van der Waals surface area contributed by atoms with Gasteiger partial charge in [0.1, 0.15) is 0 Å². The third-order valence-electron chi connectivity index (χ3n) is 8.47. The number of ether oxygens (including phenoxy) is 4. The molecule has 0 aliphatic carbocycles. The molecule has 1 aliphatic heterocycles. The fourth-order valence-electron chi connectivity index (χ4n) is 6.11. The zero-order valence-corrected chi connectivity index (χ0v) is 28.5. The Morgan fingerprint density at radius 3 is 2.04 bits per heavy atom. The molecule has 0 aromatic heterocycles. The summed E-state index contributed by atoms with van der Waals surface area (Å²) in [5.74, 6) is 0.558. The van der Waals surface area contributed by atoms with Crippen LogP contribution >= 0.6 is 0 Å². The first-order chi connectivity index (χ1) is 22.1. The quantitative estimate of drug-likeness (QED) is 0.128. The van der Waals surface area contributed by atoms with Crippen molar-refractivity contribution >= 4 is 21.9 Å². The summed E-state index contributed by atoms with van der Waals surface area (Å²) in [5.41, 5.74) is 0.934. The van der Waals surface area contributed by atoms with Gasteiger partial charge in [0.05, 0.1) is 32.3 Å². The lowest BCUT2D eigenvalue weighted by molar-refractivity contribution is -0.140. The predicted molar refractivity (Wildman–Crippen MR) is 180 cm³/mol. The summed E-state index contributed by atoms with van der Waals surface area (Å²) in [6.45, 7) is 5.71. The van der Waals surface area contributed by atoms with Gasteiger partial charge in [-0.15, -0.1) is 0 Å². The van der Waals surface area contributed by atoms with E-state index in [1.54, 1.807) is 38.1 Å². The molecule has 9 nitrogen and oxygen atoms in total. The molecule has 3 aromatic carbocycles. The molecule has 1 heterocycles. The molecule has 46 heavy (non-hydrogen) atoms. The van der Waals surface area contributed by atoms with Crippen LogP contribution in [0.4, 0.5) is 0 Å². The number of carbonyl (C=O) groups is 1. The van der Waals surface area contributed by atoms with Crippen LogP contribution in [0.1, 0.15) is 74.1 Å². The fourth-order valence-corrected chi connectivity index (χ4v) is 7.90. The van der Waals surface area contributed by atoms with Crippen LogP contribution in [0.2, 0.25) is 0 Å². The normalized spacial score (nSPS) is 16.9. The van der Waals surface area contributed by atoms with Crippen molar-refractivity contribution in [3.8, 4) is 17.2 Å². The Labute approximate surface area is 273 Å². The number of unbranched alkanes of at least 4 members (excludes halogenated alkanes) is 5. The molecule has 0 radical (unpaired) electrons. The van der Waals surface area contributed by atoms with E-state index in [2.05, 4.69) is 11.6 Å². The summed E-state index contributed by atoms with van der Waals surface area (Å²) < 4.78 is 53.7. The summed E-state index contributed by atoms with van der Waals surface area (Å²) in [6.07, 6.45) is 6.55. The van der Waals surface area contributed by atoms with Gasteiger partial charge in [-0.25, -0.2) is 22.9 Å². The van der Waals surface area contributed by atoms with Crippen molar-refractivity contribution in [2.24, 2.45) is 4.99 Å². The lowest BCUT2D eigenvalue weighted by Gasteiger charge is -2.33. The molecule has 3 aromatic rings. The Bertz CT molecular complexity index is 1590. The van der Waals surface area contributed by atoms with Crippen LogP contribution in [0.15, 0.2) is 70.6 Å². The van der Waals surface area contributed by atoms with E-state index in [0.29, 0.717) is 46.8 Å². The second-order valence-electron chi connectivity index (χ2n) is 11.8. The number of nitrogens with one attached hydrogen (secondary N) is 1. The van der Waals surface area contributed by atoms with Crippen molar-refractivity contribution in [2.75, 3.05) is 21.3 Å². The van der Waals surface area contributed by atoms with Gasteiger partial charge in [-0.05, 0) is 49.1 Å². The number of carbonyl (C=O) groups excluding carboxylic acids is 1. The molecule has 0 bridgehead atoms. The molecule has 0 saturated carbocycles. The summed E-state index contributed by atoms with van der Waals surface area (Å²) in [6, 6.07) is 17.3. The molecular weight excluding hydrogens is 604 g/mol. The number of aliphatic imine (C=N–C) groups is 1. The predicted octanol–water partition coefficient (Wildman–Crippen LogP) is 6.71. The third-order valence-corrected chi connectivity index (χ3v) is 10.2. The van der Waals surface area contributed by atoms with Crippen LogP contribution in [0.25, 0.3) is 0 Å². The first kappa shape index (κ1) is 35.0. The Hall–Kier alpha value is -3.89. The number of hydrogen-bond donors (Lipinski definition) is 1. The van der Waals surface area contributed by atoms with Gasteiger partial charge < -0.3 is 18.9 Å². The molecule has 1 N–H and O–H groups in total. The maximum atomic E-state index is 14.2. The highest BCUT2D eigenvalue weighted by atomic mass is 32.2. The van der Waals surface area contributed by atoms with E-state index in [1.165, 1.54) is 21.3 Å². The van der Waals surface area contributed by atoms with Crippen molar-refractivity contribution in [1.29, 1.82) is 0 Å². The third kappa shape index (κ3) is 7.73. The van der Waals surface area contributed by atoms with Gasteiger partial charge in [-0.3, -0.25) is 0 Å². The van der Waals surface area contributed by atoms with Crippen molar-refractivity contribution in [3.05, 3.63) is 82.9 Å². The van der Waals surface area contributed by atoms with Crippen molar-refractivity contribution in [1.82, 2.24) is 4.72 Å². The van der Waals surface area contributed by atoms with Crippen LogP contribution in [0.5, 0.6) is 17.2 Å². The number of aryl methyl sites for hydroxylation is 2. The van der Waals surface area contributed by atoms with Crippen molar-refractivity contribution in [3.63, 3.8) is 0 Å². The Balaban J connectivity index is 1.85. The highest BCUT2D eigenvalue weighted by Gasteiger charge is 2.53. The smallest absolute Gasteiger partial charge is 0.342 e. The highest BCUT2D eigenvalue weighted by Crippen LogP contribution is 2.41. The second kappa shape index (κ2) is 15.6. The Kier molecular flexibility index (Phi) is 11.9. The first-order valence-corrected chi connectivity index (χ1v) is 17.3. The van der Waals surface area contributed by atoms with E-state index in [9.17, 15) is 13.2 Å². The SMILES string of the molecule is CCCCCCCC[C@@H](NS(=O)(=O)c1c(C)cccc1C)[C@]1(Cc2ccccc2)N=C(c2cc(OC)c(OC)c(OC)c2)OC1=O. The standard InChI is InChI=1S/C36H46N2O7S/c1-7-8-9-10-11-15-21-31(38-46(40,41)33-25(2)17-16-18-26(33)3)36(24-27-19-13-12-14-20-27)35(39)45-34(37-36)28-22-29(42-4)32(44-6)30(23-28)43-5/h12-14,16-20,22-23,31,38H,7-11,15,21,24H2,1-6H3/t31-,36+/m1/s1. The number of cyclic esters (lactones) is 1. The lowest BCUT2D eigenvalue weighted by Crippen LogP contribution is -2.56. The monoisotopic (exact) mass is 650 g/mol. The van der Waals surface area contributed by atoms with Gasteiger partial charge in [0.25, 0.3) is 0 Å². The number of rotatable bonds is 17. The minimum atomic E-state index is -4.06. The van der Waals surface area contributed by atoms with Crippen LogP contribution in [-0.2, 0) is 26.0 Å². The maximum Gasteiger partial charge on any atom is 0.342 e. The number of sulfonamides is 1. The topological polar surface area (TPSA) is 113 Å². The van der Waals surface area contributed by atoms with Gasteiger partial charge in [-0.2, -0.15) is 0 Å². The number of hydrogen-bond acceptors (Lipinski definition) is 8. The van der Waals surface area contributed by atoms with Crippen LogP contribution in [0.3, 0.4) is 0 Å². The van der Waals surface area contributed by atoms with Gasteiger partial charge in [0.15, 0.2) is 17.0 Å². The average molecular weight is 651 g/mol. The summed E-state index contributed by atoms with van der Waals surface area (Å²) in [4.78, 5) is 19.4. The van der Waals surface area contributed by atoms with Crippen molar-refractivity contribution in [2.45, 2.75) is 88.6 Å². The summed E-state index contributed by atoms with van der Waals surface area (Å²) in [7, 11) is 0.452.